The summed E-state index contributed by atoms with van der Waals surface area (Å²) in [5.41, 5.74) is 13.0. The van der Waals surface area contributed by atoms with Gasteiger partial charge >= 0.3 is 0 Å². The number of carbonyl (C=O) groups excluding carboxylic acids is 1. The molecule has 104 valence electrons. The fourth-order valence-electron chi connectivity index (χ4n) is 1.79. The van der Waals surface area contributed by atoms with E-state index in [1.54, 1.807) is 12.1 Å². The minimum atomic E-state index is -0.588. The summed E-state index contributed by atoms with van der Waals surface area (Å²) < 4.78 is 0. The third-order valence-electron chi connectivity index (χ3n) is 3.00. The maximum Gasteiger partial charge on any atom is 0.269 e. The molecule has 1 aromatic carbocycles. The number of carbonyl (C=O) groups is 1. The Morgan fingerprint density at radius 2 is 1.90 bits per heavy atom. The van der Waals surface area contributed by atoms with Crippen LogP contribution in [0.25, 0.3) is 0 Å². The number of aromatic nitrogens is 2. The molecule has 2 aromatic rings. The quantitative estimate of drug-likeness (QED) is 0.757. The predicted octanol–water partition coefficient (Wildman–Crippen LogP) is 1.21. The van der Waals surface area contributed by atoms with Crippen molar-refractivity contribution in [1.82, 2.24) is 10.2 Å². The molecule has 0 aliphatic rings. The summed E-state index contributed by atoms with van der Waals surface area (Å²) in [7, 11) is 0. The molecule has 0 fully saturated rings. The Morgan fingerprint density at radius 3 is 2.40 bits per heavy atom. The number of hydrogen-bond donors (Lipinski definition) is 3. The Hall–Kier alpha value is -2.47. The maximum atomic E-state index is 10.9. The molecule has 0 aliphatic heterocycles. The highest BCUT2D eigenvalue weighted by Crippen LogP contribution is 2.17. The summed E-state index contributed by atoms with van der Waals surface area (Å²) in [6.45, 7) is 2.54. The molecule has 1 heterocycles. The van der Waals surface area contributed by atoms with Crippen LogP contribution in [0.5, 0.6) is 0 Å². The molecule has 0 spiro atoms. The predicted molar refractivity (Wildman–Crippen MR) is 76.9 cm³/mol. The molecule has 1 atom stereocenters. The van der Waals surface area contributed by atoms with Crippen LogP contribution in [0.4, 0.5) is 5.82 Å². The number of nitrogens with two attached hydrogens (primary N) is 2. The molecule has 0 radical (unpaired) electrons. The van der Waals surface area contributed by atoms with Crippen molar-refractivity contribution in [2.24, 2.45) is 11.5 Å². The molecule has 1 aromatic heterocycles. The highest BCUT2D eigenvalue weighted by atomic mass is 16.1. The topological polar surface area (TPSA) is 107 Å². The molecular formula is C14H17N5O. The van der Waals surface area contributed by atoms with Gasteiger partial charge in [-0.05, 0) is 30.2 Å². The summed E-state index contributed by atoms with van der Waals surface area (Å²) in [6.07, 6.45) is 0. The number of nitrogens with one attached hydrogen (secondary N) is 1. The lowest BCUT2D eigenvalue weighted by molar-refractivity contribution is 0.0994. The summed E-state index contributed by atoms with van der Waals surface area (Å²) >= 11 is 0. The summed E-state index contributed by atoms with van der Waals surface area (Å²) in [5, 5.41) is 10.9. The Kier molecular flexibility index (Phi) is 4.27. The number of nitrogens with zero attached hydrogens (tertiary/aromatic N) is 2. The van der Waals surface area contributed by atoms with Crippen LogP contribution >= 0.6 is 0 Å². The van der Waals surface area contributed by atoms with E-state index in [-0.39, 0.29) is 11.7 Å². The van der Waals surface area contributed by atoms with Crippen molar-refractivity contribution in [1.29, 1.82) is 0 Å². The Balaban J connectivity index is 2.06. The van der Waals surface area contributed by atoms with Gasteiger partial charge in [0.15, 0.2) is 5.69 Å². The third-order valence-corrected chi connectivity index (χ3v) is 3.00. The van der Waals surface area contributed by atoms with E-state index in [1.807, 2.05) is 31.2 Å². The Labute approximate surface area is 117 Å². The molecule has 1 amide bonds. The fourth-order valence-corrected chi connectivity index (χ4v) is 1.79. The van der Waals surface area contributed by atoms with Crippen molar-refractivity contribution >= 4 is 11.7 Å². The highest BCUT2D eigenvalue weighted by molar-refractivity contribution is 5.90. The summed E-state index contributed by atoms with van der Waals surface area (Å²) in [5.74, 6) is -0.000117. The smallest absolute Gasteiger partial charge is 0.269 e. The number of benzene rings is 1. The lowest BCUT2D eigenvalue weighted by atomic mass is 10.1. The first kappa shape index (κ1) is 14.0. The van der Waals surface area contributed by atoms with Crippen LogP contribution < -0.4 is 16.8 Å². The molecule has 0 bridgehead atoms. The zero-order chi connectivity index (χ0) is 14.5. The van der Waals surface area contributed by atoms with Gasteiger partial charge in [-0.25, -0.2) is 0 Å². The number of anilines is 1. The largest absolute Gasteiger partial charge is 0.364 e. The van der Waals surface area contributed by atoms with E-state index in [2.05, 4.69) is 15.5 Å². The number of rotatable bonds is 5. The molecule has 0 aliphatic carbocycles. The van der Waals surface area contributed by atoms with Crippen molar-refractivity contribution in [3.05, 3.63) is 53.2 Å². The van der Waals surface area contributed by atoms with Crippen LogP contribution in [0.2, 0.25) is 0 Å². The molecule has 2 rings (SSSR count). The normalized spacial score (nSPS) is 11.9. The zero-order valence-electron chi connectivity index (χ0n) is 11.2. The van der Waals surface area contributed by atoms with E-state index in [1.165, 1.54) is 0 Å². The third kappa shape index (κ3) is 3.30. The van der Waals surface area contributed by atoms with Crippen LogP contribution in [0.1, 0.15) is 34.6 Å². The molecule has 1 unspecified atom stereocenters. The molecule has 0 saturated carbocycles. The van der Waals surface area contributed by atoms with Crippen LogP contribution in [0.15, 0.2) is 36.4 Å². The van der Waals surface area contributed by atoms with Crippen LogP contribution in [0.3, 0.4) is 0 Å². The minimum absolute atomic E-state index is 0.0653. The van der Waals surface area contributed by atoms with E-state index >= 15 is 0 Å². The van der Waals surface area contributed by atoms with Gasteiger partial charge in [0.1, 0.15) is 5.82 Å². The van der Waals surface area contributed by atoms with Crippen molar-refractivity contribution < 1.29 is 4.79 Å². The van der Waals surface area contributed by atoms with E-state index in [0.717, 1.165) is 11.1 Å². The highest BCUT2D eigenvalue weighted by Gasteiger charge is 2.08. The van der Waals surface area contributed by atoms with Gasteiger partial charge in [-0.1, -0.05) is 24.3 Å². The second-order valence-electron chi connectivity index (χ2n) is 4.48. The van der Waals surface area contributed by atoms with Crippen LogP contribution in [-0.4, -0.2) is 16.1 Å². The molecule has 6 nitrogen and oxygen atoms in total. The van der Waals surface area contributed by atoms with Gasteiger partial charge in [0.05, 0.1) is 0 Å². The van der Waals surface area contributed by atoms with E-state index < -0.39 is 5.91 Å². The summed E-state index contributed by atoms with van der Waals surface area (Å²) in [6, 6.07) is 11.3. The first-order valence-corrected chi connectivity index (χ1v) is 6.29. The van der Waals surface area contributed by atoms with E-state index in [0.29, 0.717) is 12.4 Å². The lowest BCUT2D eigenvalue weighted by Gasteiger charge is -2.15. The zero-order valence-corrected chi connectivity index (χ0v) is 11.2. The monoisotopic (exact) mass is 271 g/mol. The number of hydrogen-bond acceptors (Lipinski definition) is 5. The van der Waals surface area contributed by atoms with Gasteiger partial charge in [0.25, 0.3) is 5.91 Å². The second-order valence-corrected chi connectivity index (χ2v) is 4.48. The lowest BCUT2D eigenvalue weighted by Crippen LogP contribution is -2.15. The van der Waals surface area contributed by atoms with Crippen molar-refractivity contribution in [3.63, 3.8) is 0 Å². The fraction of sp³-hybridized carbons (Fsp3) is 0.214. The van der Waals surface area contributed by atoms with Crippen molar-refractivity contribution in [2.45, 2.75) is 19.5 Å². The van der Waals surface area contributed by atoms with Crippen LogP contribution in [-0.2, 0) is 6.54 Å². The number of primary amides is 1. The van der Waals surface area contributed by atoms with Gasteiger partial charge in [-0.2, -0.15) is 0 Å². The molecule has 6 heteroatoms. The Bertz CT molecular complexity index is 580. The van der Waals surface area contributed by atoms with Gasteiger partial charge in [-0.3, -0.25) is 4.79 Å². The Morgan fingerprint density at radius 1 is 1.20 bits per heavy atom. The van der Waals surface area contributed by atoms with Gasteiger partial charge in [0.2, 0.25) is 0 Å². The van der Waals surface area contributed by atoms with Gasteiger partial charge in [0, 0.05) is 12.6 Å². The molecule has 0 saturated heterocycles. The molecule has 20 heavy (non-hydrogen) atoms. The van der Waals surface area contributed by atoms with Crippen LogP contribution in [0, 0.1) is 0 Å². The molecular weight excluding hydrogens is 254 g/mol. The van der Waals surface area contributed by atoms with Gasteiger partial charge < -0.3 is 16.8 Å². The minimum Gasteiger partial charge on any atom is -0.364 e. The van der Waals surface area contributed by atoms with Crippen molar-refractivity contribution in [3.8, 4) is 0 Å². The summed E-state index contributed by atoms with van der Waals surface area (Å²) in [4.78, 5) is 10.9. The average molecular weight is 271 g/mol. The standard InChI is InChI=1S/C14H17N5O/c1-9(11-4-2-10(8-15)3-5-11)17-13-7-6-12(14(16)20)18-19-13/h2-7,9H,8,15H2,1H3,(H2,16,20)(H,17,19). The maximum absolute atomic E-state index is 10.9. The van der Waals surface area contributed by atoms with Crippen molar-refractivity contribution in [2.75, 3.05) is 5.32 Å². The SMILES string of the molecule is CC(Nc1ccc(C(N)=O)nn1)c1ccc(CN)cc1. The average Bonchev–Trinajstić information content (AvgIpc) is 2.48. The first-order valence-electron chi connectivity index (χ1n) is 6.29. The second kappa shape index (κ2) is 6.12. The van der Waals surface area contributed by atoms with E-state index in [4.69, 9.17) is 11.5 Å². The van der Waals surface area contributed by atoms with Gasteiger partial charge in [-0.15, -0.1) is 10.2 Å². The van der Waals surface area contributed by atoms with E-state index in [9.17, 15) is 4.79 Å². The molecule has 5 N–H and O–H groups in total. The first-order chi connectivity index (χ1) is 9.60. The number of amides is 1.